The van der Waals surface area contributed by atoms with Gasteiger partial charge in [-0.3, -0.25) is 9.79 Å². The predicted molar refractivity (Wildman–Crippen MR) is 126 cm³/mol. The van der Waals surface area contributed by atoms with Crippen LogP contribution in [0, 0.1) is 0 Å². The van der Waals surface area contributed by atoms with Gasteiger partial charge in [0, 0.05) is 33.2 Å². The molecule has 162 valence electrons. The smallest absolute Gasteiger partial charge is 0.250 e. The molecule has 0 fully saturated rings. The van der Waals surface area contributed by atoms with Crippen molar-refractivity contribution in [2.75, 3.05) is 46.3 Å². The molecule has 0 saturated carbocycles. The molecule has 0 bridgehead atoms. The first kappa shape index (κ1) is 27.4. The van der Waals surface area contributed by atoms with Gasteiger partial charge in [-0.25, -0.2) is 13.1 Å². The normalized spacial score (nSPS) is 11.7. The average molecular weight is 566 g/mol. The highest BCUT2D eigenvalue weighted by molar-refractivity contribution is 14.0. The van der Waals surface area contributed by atoms with E-state index in [-0.39, 0.29) is 53.7 Å². The number of carbonyl (C=O) groups is 1. The average Bonchev–Trinajstić information content (AvgIpc) is 3.06. The Hall–Kier alpha value is -0.630. The summed E-state index contributed by atoms with van der Waals surface area (Å²) in [6.07, 6.45) is 0. The van der Waals surface area contributed by atoms with Crippen LogP contribution in [0.3, 0.4) is 0 Å². The SMILES string of the molecule is CCNC(=NCCNS(=O)(=O)c1ccc(Cl)s1)N(C)CC(=O)N(CC)CC.I. The summed E-state index contributed by atoms with van der Waals surface area (Å²) in [7, 11) is -1.81. The summed E-state index contributed by atoms with van der Waals surface area (Å²) >= 11 is 6.79. The summed E-state index contributed by atoms with van der Waals surface area (Å²) in [6, 6.07) is 3.01. The molecule has 1 amide bonds. The molecule has 0 saturated heterocycles. The van der Waals surface area contributed by atoms with Crippen molar-refractivity contribution in [2.45, 2.75) is 25.0 Å². The van der Waals surface area contributed by atoms with E-state index >= 15 is 0 Å². The molecule has 0 radical (unpaired) electrons. The Bertz CT molecular complexity index is 738. The Kier molecular flexibility index (Phi) is 13.3. The van der Waals surface area contributed by atoms with Gasteiger partial charge >= 0.3 is 0 Å². The van der Waals surface area contributed by atoms with Gasteiger partial charge in [0.2, 0.25) is 15.9 Å². The molecule has 1 heterocycles. The van der Waals surface area contributed by atoms with Crippen molar-refractivity contribution in [3.63, 3.8) is 0 Å². The van der Waals surface area contributed by atoms with Crippen LogP contribution in [0.5, 0.6) is 0 Å². The molecule has 0 aliphatic heterocycles. The zero-order chi connectivity index (χ0) is 20.4. The van der Waals surface area contributed by atoms with Crippen LogP contribution >= 0.6 is 46.9 Å². The van der Waals surface area contributed by atoms with Crippen molar-refractivity contribution in [2.24, 2.45) is 4.99 Å². The summed E-state index contributed by atoms with van der Waals surface area (Å²) in [5, 5.41) is 3.11. The second kappa shape index (κ2) is 13.6. The third-order valence-corrected chi connectivity index (χ3v) is 6.85. The topological polar surface area (TPSA) is 94.1 Å². The molecule has 0 unspecified atom stereocenters. The third kappa shape index (κ3) is 8.80. The fourth-order valence-electron chi connectivity index (χ4n) is 2.28. The Morgan fingerprint density at radius 3 is 2.39 bits per heavy atom. The van der Waals surface area contributed by atoms with E-state index in [9.17, 15) is 13.2 Å². The van der Waals surface area contributed by atoms with E-state index in [1.165, 1.54) is 6.07 Å². The summed E-state index contributed by atoms with van der Waals surface area (Å²) in [6.45, 7) is 8.35. The van der Waals surface area contributed by atoms with E-state index in [1.54, 1.807) is 22.9 Å². The maximum absolute atomic E-state index is 12.2. The van der Waals surface area contributed by atoms with Crippen LogP contribution in [-0.2, 0) is 14.8 Å². The number of nitrogens with one attached hydrogen (secondary N) is 2. The molecule has 0 atom stereocenters. The van der Waals surface area contributed by atoms with Crippen molar-refractivity contribution in [1.82, 2.24) is 19.8 Å². The zero-order valence-electron chi connectivity index (χ0n) is 16.6. The second-order valence-corrected chi connectivity index (χ2v) is 9.32. The molecular weight excluding hydrogens is 537 g/mol. The minimum Gasteiger partial charge on any atom is -0.357 e. The number of hydrogen-bond donors (Lipinski definition) is 2. The lowest BCUT2D eigenvalue weighted by Gasteiger charge is -2.25. The summed E-state index contributed by atoms with van der Waals surface area (Å²) in [5.41, 5.74) is 0. The monoisotopic (exact) mass is 565 g/mol. The largest absolute Gasteiger partial charge is 0.357 e. The Labute approximate surface area is 193 Å². The van der Waals surface area contributed by atoms with Crippen molar-refractivity contribution < 1.29 is 13.2 Å². The van der Waals surface area contributed by atoms with Crippen LogP contribution in [0.4, 0.5) is 0 Å². The number of sulfonamides is 1. The first-order valence-corrected chi connectivity index (χ1v) is 11.4. The molecule has 1 rings (SSSR count). The Balaban J connectivity index is 0.00000729. The molecule has 0 aliphatic rings. The number of carbonyl (C=O) groups excluding carboxylic acids is 1. The lowest BCUT2D eigenvalue weighted by atomic mass is 10.4. The van der Waals surface area contributed by atoms with Gasteiger partial charge in [-0.05, 0) is 32.9 Å². The Morgan fingerprint density at radius 2 is 1.89 bits per heavy atom. The maximum Gasteiger partial charge on any atom is 0.250 e. The van der Waals surface area contributed by atoms with Gasteiger partial charge in [0.05, 0.1) is 17.4 Å². The molecule has 2 N–H and O–H groups in total. The second-order valence-electron chi connectivity index (χ2n) is 5.61. The number of amides is 1. The molecule has 0 aromatic carbocycles. The van der Waals surface area contributed by atoms with Crippen molar-refractivity contribution in [3.05, 3.63) is 16.5 Å². The van der Waals surface area contributed by atoms with E-state index < -0.39 is 10.0 Å². The van der Waals surface area contributed by atoms with Gasteiger partial charge in [-0.15, -0.1) is 35.3 Å². The quantitative estimate of drug-likeness (QED) is 0.196. The molecular formula is C16H29ClIN5O3S2. The van der Waals surface area contributed by atoms with Crippen molar-refractivity contribution >= 4 is 68.8 Å². The summed E-state index contributed by atoms with van der Waals surface area (Å²) in [4.78, 5) is 20.1. The lowest BCUT2D eigenvalue weighted by Crippen LogP contribution is -2.46. The van der Waals surface area contributed by atoms with Gasteiger partial charge in [0.1, 0.15) is 4.21 Å². The van der Waals surface area contributed by atoms with E-state index in [0.29, 0.717) is 29.9 Å². The number of aliphatic imine (C=N–C) groups is 1. The van der Waals surface area contributed by atoms with E-state index in [1.807, 2.05) is 20.8 Å². The van der Waals surface area contributed by atoms with Crippen LogP contribution in [0.2, 0.25) is 4.34 Å². The standard InChI is InChI=1S/C16H28ClN5O3S2.HI/c1-5-18-16(21(4)12-14(23)22(6-2)7-3)19-10-11-20-27(24,25)15-9-8-13(17)26-15;/h8-9,20H,5-7,10-12H2,1-4H3,(H,18,19);1H. The minimum atomic E-state index is -3.59. The fraction of sp³-hybridized carbons (Fsp3) is 0.625. The van der Waals surface area contributed by atoms with Gasteiger partial charge < -0.3 is 15.1 Å². The fourth-order valence-corrected chi connectivity index (χ4v) is 4.83. The van der Waals surface area contributed by atoms with E-state index in [4.69, 9.17) is 11.6 Å². The highest BCUT2D eigenvalue weighted by Crippen LogP contribution is 2.25. The number of guanidine groups is 1. The van der Waals surface area contributed by atoms with Gasteiger partial charge in [-0.1, -0.05) is 11.6 Å². The zero-order valence-corrected chi connectivity index (χ0v) is 21.3. The van der Waals surface area contributed by atoms with Crippen LogP contribution in [0.15, 0.2) is 21.3 Å². The molecule has 0 aliphatic carbocycles. The van der Waals surface area contributed by atoms with Crippen LogP contribution in [0.25, 0.3) is 0 Å². The van der Waals surface area contributed by atoms with Gasteiger partial charge in [0.15, 0.2) is 5.96 Å². The number of nitrogens with zero attached hydrogens (tertiary/aromatic N) is 3. The highest BCUT2D eigenvalue weighted by Gasteiger charge is 2.17. The molecule has 1 aromatic rings. The Morgan fingerprint density at radius 1 is 1.25 bits per heavy atom. The number of likely N-dealkylation sites (N-methyl/N-ethyl adjacent to an activating group) is 2. The molecule has 12 heteroatoms. The number of hydrogen-bond acceptors (Lipinski definition) is 5. The van der Waals surface area contributed by atoms with Crippen molar-refractivity contribution in [1.29, 1.82) is 0 Å². The van der Waals surface area contributed by atoms with Crippen molar-refractivity contribution in [3.8, 4) is 0 Å². The maximum atomic E-state index is 12.2. The third-order valence-electron chi connectivity index (χ3n) is 3.66. The van der Waals surface area contributed by atoms with E-state index in [2.05, 4.69) is 15.0 Å². The minimum absolute atomic E-state index is 0. The first-order valence-electron chi connectivity index (χ1n) is 8.77. The van der Waals surface area contributed by atoms with Crippen LogP contribution in [-0.4, -0.2) is 76.4 Å². The van der Waals surface area contributed by atoms with Gasteiger partial charge in [-0.2, -0.15) is 0 Å². The molecule has 1 aromatic heterocycles. The van der Waals surface area contributed by atoms with E-state index in [0.717, 1.165) is 11.3 Å². The summed E-state index contributed by atoms with van der Waals surface area (Å²) in [5.74, 6) is 0.569. The molecule has 28 heavy (non-hydrogen) atoms. The lowest BCUT2D eigenvalue weighted by molar-refractivity contribution is -0.131. The molecule has 8 nitrogen and oxygen atoms in total. The first-order chi connectivity index (χ1) is 12.7. The van der Waals surface area contributed by atoms with Crippen LogP contribution in [0.1, 0.15) is 20.8 Å². The molecule has 0 spiro atoms. The predicted octanol–water partition coefficient (Wildman–Crippen LogP) is 2.06. The number of thiophene rings is 1. The van der Waals surface area contributed by atoms with Crippen LogP contribution < -0.4 is 10.0 Å². The summed E-state index contributed by atoms with van der Waals surface area (Å²) < 4.78 is 27.4. The van der Waals surface area contributed by atoms with Gasteiger partial charge in [0.25, 0.3) is 0 Å². The number of rotatable bonds is 10. The number of halogens is 2. The highest BCUT2D eigenvalue weighted by atomic mass is 127.